The van der Waals surface area contributed by atoms with E-state index in [1.54, 1.807) is 24.3 Å². The van der Waals surface area contributed by atoms with Gasteiger partial charge in [0.05, 0.1) is 17.1 Å². The number of nitrogens with one attached hydrogen (secondary N) is 3. The van der Waals surface area contributed by atoms with E-state index in [4.69, 9.17) is 11.6 Å². The van der Waals surface area contributed by atoms with Crippen LogP contribution >= 0.6 is 11.6 Å². The number of carbonyl (C=O) groups is 1. The molecule has 6 heteroatoms. The van der Waals surface area contributed by atoms with Gasteiger partial charge in [0, 0.05) is 19.1 Å². The number of rotatable bonds is 6. The largest absolute Gasteiger partial charge is 0.357 e. The molecule has 0 aliphatic carbocycles. The fourth-order valence-corrected chi connectivity index (χ4v) is 1.89. The van der Waals surface area contributed by atoms with Crippen molar-refractivity contribution in [3.63, 3.8) is 0 Å². The van der Waals surface area contributed by atoms with E-state index in [2.05, 4.69) is 20.9 Å². The molecule has 21 heavy (non-hydrogen) atoms. The number of benzene rings is 1. The molecule has 0 bridgehead atoms. The maximum Gasteiger partial charge on any atom is 0.252 e. The van der Waals surface area contributed by atoms with E-state index in [9.17, 15) is 4.79 Å². The van der Waals surface area contributed by atoms with E-state index >= 15 is 0 Å². The first-order valence-corrected chi connectivity index (χ1v) is 7.50. The summed E-state index contributed by atoms with van der Waals surface area (Å²) in [5.41, 5.74) is 0.482. The average molecular weight is 311 g/mol. The number of aliphatic imine (C=N–C) groups is 1. The minimum atomic E-state index is -0.183. The fraction of sp³-hybridized carbons (Fsp3) is 0.467. The van der Waals surface area contributed by atoms with Gasteiger partial charge >= 0.3 is 0 Å². The van der Waals surface area contributed by atoms with Crippen molar-refractivity contribution < 1.29 is 4.79 Å². The fourth-order valence-electron chi connectivity index (χ4n) is 1.67. The van der Waals surface area contributed by atoms with Gasteiger partial charge < -0.3 is 16.0 Å². The first-order chi connectivity index (χ1) is 10.0. The zero-order valence-electron chi connectivity index (χ0n) is 12.7. The monoisotopic (exact) mass is 310 g/mol. The summed E-state index contributed by atoms with van der Waals surface area (Å²) >= 11 is 5.97. The summed E-state index contributed by atoms with van der Waals surface area (Å²) < 4.78 is 0. The molecule has 0 fully saturated rings. The molecule has 3 N–H and O–H groups in total. The van der Waals surface area contributed by atoms with Crippen molar-refractivity contribution in [2.75, 3.05) is 19.6 Å². The zero-order valence-corrected chi connectivity index (χ0v) is 13.5. The summed E-state index contributed by atoms with van der Waals surface area (Å²) in [6.07, 6.45) is 0. The predicted molar refractivity (Wildman–Crippen MR) is 88.0 cm³/mol. The van der Waals surface area contributed by atoms with Crippen molar-refractivity contribution in [3.8, 4) is 0 Å². The molecular weight excluding hydrogens is 288 g/mol. The third-order valence-electron chi connectivity index (χ3n) is 2.56. The molecule has 0 spiro atoms. The highest BCUT2D eigenvalue weighted by Crippen LogP contribution is 2.14. The number of nitrogens with zero attached hydrogens (tertiary/aromatic N) is 1. The van der Waals surface area contributed by atoms with Crippen LogP contribution in [0, 0.1) is 0 Å². The number of halogens is 1. The van der Waals surface area contributed by atoms with Gasteiger partial charge in [0.1, 0.15) is 0 Å². The maximum atomic E-state index is 11.9. The van der Waals surface area contributed by atoms with Crippen molar-refractivity contribution in [2.45, 2.75) is 26.8 Å². The van der Waals surface area contributed by atoms with Crippen LogP contribution in [0.25, 0.3) is 0 Å². The van der Waals surface area contributed by atoms with E-state index < -0.39 is 0 Å². The normalized spacial score (nSPS) is 11.4. The van der Waals surface area contributed by atoms with Crippen LogP contribution in [0.2, 0.25) is 5.02 Å². The SMILES string of the molecule is CCNC(=NCCNC(=O)c1ccccc1Cl)NC(C)C. The number of hydrogen-bond donors (Lipinski definition) is 3. The smallest absolute Gasteiger partial charge is 0.252 e. The molecule has 1 amide bonds. The predicted octanol–water partition coefficient (Wildman–Crippen LogP) is 2.03. The molecule has 116 valence electrons. The lowest BCUT2D eigenvalue weighted by Crippen LogP contribution is -2.41. The minimum absolute atomic E-state index is 0.183. The Hall–Kier alpha value is -1.75. The van der Waals surface area contributed by atoms with Crippen molar-refractivity contribution in [3.05, 3.63) is 34.9 Å². The van der Waals surface area contributed by atoms with E-state index in [1.807, 2.05) is 20.8 Å². The van der Waals surface area contributed by atoms with E-state index in [-0.39, 0.29) is 5.91 Å². The van der Waals surface area contributed by atoms with Gasteiger partial charge in [-0.15, -0.1) is 0 Å². The summed E-state index contributed by atoms with van der Waals surface area (Å²) in [5, 5.41) is 9.62. The van der Waals surface area contributed by atoms with Gasteiger partial charge in [-0.3, -0.25) is 9.79 Å². The van der Waals surface area contributed by atoms with Gasteiger partial charge in [0.2, 0.25) is 0 Å². The summed E-state index contributed by atoms with van der Waals surface area (Å²) in [4.78, 5) is 16.3. The quantitative estimate of drug-likeness (QED) is 0.428. The van der Waals surface area contributed by atoms with Crippen LogP contribution in [-0.2, 0) is 0 Å². The number of hydrogen-bond acceptors (Lipinski definition) is 2. The van der Waals surface area contributed by atoms with E-state index in [1.165, 1.54) is 0 Å². The summed E-state index contributed by atoms with van der Waals surface area (Å²) in [5.74, 6) is 0.567. The molecule has 0 atom stereocenters. The Labute approximate surface area is 131 Å². The van der Waals surface area contributed by atoms with Crippen molar-refractivity contribution in [2.24, 2.45) is 4.99 Å². The zero-order chi connectivity index (χ0) is 15.7. The second kappa shape index (κ2) is 9.23. The molecule has 0 aromatic heterocycles. The van der Waals surface area contributed by atoms with Crippen LogP contribution in [0.5, 0.6) is 0 Å². The highest BCUT2D eigenvalue weighted by atomic mass is 35.5. The lowest BCUT2D eigenvalue weighted by Gasteiger charge is -2.14. The van der Waals surface area contributed by atoms with E-state index in [0.29, 0.717) is 29.7 Å². The summed E-state index contributed by atoms with van der Waals surface area (Å²) in [6.45, 7) is 7.86. The van der Waals surface area contributed by atoms with Crippen molar-refractivity contribution in [1.82, 2.24) is 16.0 Å². The second-order valence-electron chi connectivity index (χ2n) is 4.80. The molecule has 1 aromatic rings. The summed E-state index contributed by atoms with van der Waals surface area (Å²) in [7, 11) is 0. The van der Waals surface area contributed by atoms with Crippen LogP contribution in [0.15, 0.2) is 29.3 Å². The van der Waals surface area contributed by atoms with Gasteiger partial charge in [-0.05, 0) is 32.9 Å². The molecule has 0 heterocycles. The molecule has 0 aliphatic heterocycles. The third kappa shape index (κ3) is 6.49. The Bertz CT molecular complexity index is 488. The lowest BCUT2D eigenvalue weighted by atomic mass is 10.2. The molecule has 0 radical (unpaired) electrons. The number of amides is 1. The standard InChI is InChI=1S/C15H23ClN4O/c1-4-17-15(20-11(2)3)19-10-9-18-14(21)12-7-5-6-8-13(12)16/h5-8,11H,4,9-10H2,1-3H3,(H,18,21)(H2,17,19,20). The van der Waals surface area contributed by atoms with Gasteiger partial charge in [0.25, 0.3) is 5.91 Å². The Morgan fingerprint density at radius 2 is 2.00 bits per heavy atom. The first kappa shape index (κ1) is 17.3. The van der Waals surface area contributed by atoms with Gasteiger partial charge in [0.15, 0.2) is 5.96 Å². The number of carbonyl (C=O) groups excluding carboxylic acids is 1. The summed E-state index contributed by atoms with van der Waals surface area (Å²) in [6, 6.07) is 7.29. The minimum Gasteiger partial charge on any atom is -0.357 e. The highest BCUT2D eigenvalue weighted by molar-refractivity contribution is 6.33. The Balaban J connectivity index is 2.45. The molecular formula is C15H23ClN4O. The highest BCUT2D eigenvalue weighted by Gasteiger charge is 2.08. The number of guanidine groups is 1. The third-order valence-corrected chi connectivity index (χ3v) is 2.88. The van der Waals surface area contributed by atoms with Crippen LogP contribution in [-0.4, -0.2) is 37.5 Å². The van der Waals surface area contributed by atoms with E-state index in [0.717, 1.165) is 12.5 Å². The van der Waals surface area contributed by atoms with Gasteiger partial charge in [-0.2, -0.15) is 0 Å². The molecule has 5 nitrogen and oxygen atoms in total. The van der Waals surface area contributed by atoms with Crippen molar-refractivity contribution in [1.29, 1.82) is 0 Å². The van der Waals surface area contributed by atoms with Crippen molar-refractivity contribution >= 4 is 23.5 Å². The Morgan fingerprint density at radius 3 is 2.62 bits per heavy atom. The second-order valence-corrected chi connectivity index (χ2v) is 5.20. The van der Waals surface area contributed by atoms with Crippen LogP contribution in [0.3, 0.4) is 0 Å². The van der Waals surface area contributed by atoms with Crippen LogP contribution < -0.4 is 16.0 Å². The molecule has 0 unspecified atom stereocenters. The first-order valence-electron chi connectivity index (χ1n) is 7.12. The molecule has 1 rings (SSSR count). The topological polar surface area (TPSA) is 65.5 Å². The Kier molecular flexibility index (Phi) is 7.61. The van der Waals surface area contributed by atoms with Crippen LogP contribution in [0.4, 0.5) is 0 Å². The van der Waals surface area contributed by atoms with Gasteiger partial charge in [-0.1, -0.05) is 23.7 Å². The van der Waals surface area contributed by atoms with Gasteiger partial charge in [-0.25, -0.2) is 0 Å². The molecule has 0 aliphatic rings. The maximum absolute atomic E-state index is 11.9. The Morgan fingerprint density at radius 1 is 1.29 bits per heavy atom. The lowest BCUT2D eigenvalue weighted by molar-refractivity contribution is 0.0955. The molecule has 0 saturated carbocycles. The average Bonchev–Trinajstić information content (AvgIpc) is 2.43. The molecule has 1 aromatic carbocycles. The molecule has 0 saturated heterocycles. The van der Waals surface area contributed by atoms with Crippen LogP contribution in [0.1, 0.15) is 31.1 Å².